The number of carbonyl (C=O) groups excluding carboxylic acids is 3. The predicted octanol–water partition coefficient (Wildman–Crippen LogP) is 2.55. The van der Waals surface area contributed by atoms with Gasteiger partial charge in [0.2, 0.25) is 5.91 Å². The number of rotatable bonds is 4. The molecule has 0 aliphatic carbocycles. The molecule has 0 radical (unpaired) electrons. The van der Waals surface area contributed by atoms with Crippen LogP contribution in [-0.4, -0.2) is 73.0 Å². The maximum absolute atomic E-state index is 12.8. The molecule has 2 fully saturated rings. The SMILES string of the molecule is CC(OC(=O)C1CCN(C(=O)C(C)(C)C)CC1)C(=O)N1CCN(c2ccccc2)CC1. The molecule has 0 N–H and O–H groups in total. The van der Waals surface area contributed by atoms with Crippen LogP contribution in [0.4, 0.5) is 5.69 Å². The zero-order valence-electron chi connectivity index (χ0n) is 19.2. The summed E-state index contributed by atoms with van der Waals surface area (Å²) in [5, 5.41) is 0. The lowest BCUT2D eigenvalue weighted by atomic mass is 9.91. The fourth-order valence-corrected chi connectivity index (χ4v) is 4.19. The lowest BCUT2D eigenvalue weighted by Crippen LogP contribution is -2.52. The summed E-state index contributed by atoms with van der Waals surface area (Å²) in [6.45, 7) is 11.2. The third-order valence-corrected chi connectivity index (χ3v) is 6.11. The zero-order chi connectivity index (χ0) is 22.6. The van der Waals surface area contributed by atoms with Crippen LogP contribution in [0.25, 0.3) is 0 Å². The number of para-hydroxylation sites is 1. The number of likely N-dealkylation sites (tertiary alicyclic amines) is 1. The number of nitrogens with zero attached hydrogens (tertiary/aromatic N) is 3. The number of hydrogen-bond acceptors (Lipinski definition) is 5. The van der Waals surface area contributed by atoms with Crippen LogP contribution >= 0.6 is 0 Å². The van der Waals surface area contributed by atoms with Crippen LogP contribution in [0.1, 0.15) is 40.5 Å². The summed E-state index contributed by atoms with van der Waals surface area (Å²) in [6.07, 6.45) is 0.374. The minimum Gasteiger partial charge on any atom is -0.452 e. The minimum absolute atomic E-state index is 0.109. The zero-order valence-corrected chi connectivity index (χ0v) is 19.2. The quantitative estimate of drug-likeness (QED) is 0.688. The normalized spacial score (nSPS) is 19.2. The molecular formula is C24H35N3O4. The van der Waals surface area contributed by atoms with E-state index >= 15 is 0 Å². The van der Waals surface area contributed by atoms with E-state index < -0.39 is 11.5 Å². The third kappa shape index (κ3) is 5.77. The van der Waals surface area contributed by atoms with E-state index in [1.165, 1.54) is 0 Å². The summed E-state index contributed by atoms with van der Waals surface area (Å²) in [5.41, 5.74) is 0.740. The largest absolute Gasteiger partial charge is 0.452 e. The van der Waals surface area contributed by atoms with Crippen LogP contribution in [0, 0.1) is 11.3 Å². The molecule has 170 valence electrons. The van der Waals surface area contributed by atoms with Gasteiger partial charge >= 0.3 is 5.97 Å². The van der Waals surface area contributed by atoms with Gasteiger partial charge in [-0.05, 0) is 31.9 Å². The molecule has 2 aliphatic heterocycles. The summed E-state index contributed by atoms with van der Waals surface area (Å²) in [5.74, 6) is -0.611. The number of ether oxygens (including phenoxy) is 1. The second-order valence-corrected chi connectivity index (χ2v) is 9.54. The van der Waals surface area contributed by atoms with E-state index in [-0.39, 0.29) is 23.7 Å². The van der Waals surface area contributed by atoms with E-state index in [1.54, 1.807) is 11.8 Å². The van der Waals surface area contributed by atoms with Gasteiger partial charge in [-0.15, -0.1) is 0 Å². The number of anilines is 1. The summed E-state index contributed by atoms with van der Waals surface area (Å²) < 4.78 is 5.53. The van der Waals surface area contributed by atoms with Crippen molar-refractivity contribution in [3.63, 3.8) is 0 Å². The monoisotopic (exact) mass is 429 g/mol. The molecule has 1 unspecified atom stereocenters. The average Bonchev–Trinajstić information content (AvgIpc) is 2.78. The fourth-order valence-electron chi connectivity index (χ4n) is 4.19. The first-order valence-corrected chi connectivity index (χ1v) is 11.3. The van der Waals surface area contributed by atoms with Gasteiger partial charge in [-0.1, -0.05) is 39.0 Å². The van der Waals surface area contributed by atoms with Crippen molar-refractivity contribution in [1.82, 2.24) is 9.80 Å². The molecule has 0 bridgehead atoms. The van der Waals surface area contributed by atoms with Crippen molar-refractivity contribution in [2.75, 3.05) is 44.2 Å². The molecule has 2 aliphatic rings. The molecule has 7 heteroatoms. The molecule has 31 heavy (non-hydrogen) atoms. The molecule has 2 heterocycles. The smallest absolute Gasteiger partial charge is 0.309 e. The van der Waals surface area contributed by atoms with E-state index in [9.17, 15) is 14.4 Å². The van der Waals surface area contributed by atoms with Crippen molar-refractivity contribution in [2.24, 2.45) is 11.3 Å². The lowest BCUT2D eigenvalue weighted by molar-refractivity contribution is -0.164. The first-order valence-electron chi connectivity index (χ1n) is 11.3. The van der Waals surface area contributed by atoms with Gasteiger partial charge in [-0.25, -0.2) is 0 Å². The molecule has 0 spiro atoms. The highest BCUT2D eigenvalue weighted by atomic mass is 16.5. The van der Waals surface area contributed by atoms with Gasteiger partial charge in [-0.3, -0.25) is 14.4 Å². The van der Waals surface area contributed by atoms with Crippen LogP contribution in [0.2, 0.25) is 0 Å². The highest BCUT2D eigenvalue weighted by molar-refractivity contribution is 5.85. The Hall–Kier alpha value is -2.57. The maximum atomic E-state index is 12.8. The van der Waals surface area contributed by atoms with E-state index in [0.717, 1.165) is 18.8 Å². The van der Waals surface area contributed by atoms with Gasteiger partial charge in [-0.2, -0.15) is 0 Å². The first kappa shape index (κ1) is 23.1. The molecule has 1 atom stereocenters. The Kier molecular flexibility index (Phi) is 7.23. The number of benzene rings is 1. The van der Waals surface area contributed by atoms with Gasteiger partial charge < -0.3 is 19.4 Å². The summed E-state index contributed by atoms with van der Waals surface area (Å²) >= 11 is 0. The highest BCUT2D eigenvalue weighted by Gasteiger charge is 2.34. The Labute approximate surface area is 185 Å². The molecule has 1 aromatic rings. The van der Waals surface area contributed by atoms with Crippen LogP contribution in [0.15, 0.2) is 30.3 Å². The summed E-state index contributed by atoms with van der Waals surface area (Å²) in [6, 6.07) is 10.2. The van der Waals surface area contributed by atoms with Gasteiger partial charge in [0.25, 0.3) is 5.91 Å². The number of hydrogen-bond donors (Lipinski definition) is 0. The van der Waals surface area contributed by atoms with Gasteiger partial charge in [0.05, 0.1) is 5.92 Å². The summed E-state index contributed by atoms with van der Waals surface area (Å²) in [4.78, 5) is 43.7. The van der Waals surface area contributed by atoms with Gasteiger partial charge in [0, 0.05) is 50.4 Å². The molecule has 0 aromatic heterocycles. The third-order valence-electron chi connectivity index (χ3n) is 6.11. The molecule has 1 aromatic carbocycles. The predicted molar refractivity (Wildman–Crippen MR) is 120 cm³/mol. The number of amides is 2. The van der Waals surface area contributed by atoms with E-state index in [1.807, 2.05) is 43.9 Å². The van der Waals surface area contributed by atoms with Gasteiger partial charge in [0.1, 0.15) is 0 Å². The first-order chi connectivity index (χ1) is 14.7. The van der Waals surface area contributed by atoms with Crippen LogP contribution in [-0.2, 0) is 19.1 Å². The average molecular weight is 430 g/mol. The number of carbonyl (C=O) groups is 3. The molecular weight excluding hydrogens is 394 g/mol. The Morgan fingerprint density at radius 3 is 2.03 bits per heavy atom. The Morgan fingerprint density at radius 2 is 1.48 bits per heavy atom. The maximum Gasteiger partial charge on any atom is 0.309 e. The van der Waals surface area contributed by atoms with Crippen LogP contribution in [0.5, 0.6) is 0 Å². The van der Waals surface area contributed by atoms with Crippen LogP contribution in [0.3, 0.4) is 0 Å². The molecule has 2 amide bonds. The number of piperidine rings is 1. The topological polar surface area (TPSA) is 70.2 Å². The van der Waals surface area contributed by atoms with Crippen molar-refractivity contribution in [1.29, 1.82) is 0 Å². The van der Waals surface area contributed by atoms with E-state index in [2.05, 4.69) is 17.0 Å². The second kappa shape index (κ2) is 9.71. The highest BCUT2D eigenvalue weighted by Crippen LogP contribution is 2.25. The van der Waals surface area contributed by atoms with E-state index in [0.29, 0.717) is 39.0 Å². The minimum atomic E-state index is -0.787. The van der Waals surface area contributed by atoms with Gasteiger partial charge in [0.15, 0.2) is 6.10 Å². The standard InChI is InChI=1S/C24H35N3O4/c1-18(21(28)26-16-14-25(15-17-26)20-8-6-5-7-9-20)31-22(29)19-10-12-27(13-11-19)23(30)24(2,3)4/h5-9,18-19H,10-17H2,1-4H3. The van der Waals surface area contributed by atoms with Crippen LogP contribution < -0.4 is 4.90 Å². The van der Waals surface area contributed by atoms with Crippen molar-refractivity contribution in [2.45, 2.75) is 46.6 Å². The van der Waals surface area contributed by atoms with Crippen molar-refractivity contribution in [3.8, 4) is 0 Å². The fraction of sp³-hybridized carbons (Fsp3) is 0.625. The Morgan fingerprint density at radius 1 is 0.903 bits per heavy atom. The summed E-state index contributed by atoms with van der Waals surface area (Å²) in [7, 11) is 0. The molecule has 3 rings (SSSR count). The number of esters is 1. The van der Waals surface area contributed by atoms with Crippen molar-refractivity contribution < 1.29 is 19.1 Å². The number of piperazine rings is 1. The Bertz CT molecular complexity index is 774. The van der Waals surface area contributed by atoms with Crippen molar-refractivity contribution in [3.05, 3.63) is 30.3 Å². The van der Waals surface area contributed by atoms with Crippen molar-refractivity contribution >= 4 is 23.5 Å². The molecule has 0 saturated carbocycles. The second-order valence-electron chi connectivity index (χ2n) is 9.54. The Balaban J connectivity index is 1.44. The molecule has 2 saturated heterocycles. The molecule has 7 nitrogen and oxygen atoms in total. The lowest BCUT2D eigenvalue weighted by Gasteiger charge is -2.37. The van der Waals surface area contributed by atoms with E-state index in [4.69, 9.17) is 4.74 Å².